The van der Waals surface area contributed by atoms with Crippen molar-refractivity contribution in [1.29, 1.82) is 0 Å². The van der Waals surface area contributed by atoms with Gasteiger partial charge in [-0.15, -0.1) is 11.3 Å². The lowest BCUT2D eigenvalue weighted by molar-refractivity contribution is -0.275. The molecule has 1 amide bonds. The number of hydrogen-bond donors (Lipinski definition) is 1. The molecule has 0 bridgehead atoms. The third-order valence-corrected chi connectivity index (χ3v) is 6.81. The lowest BCUT2D eigenvalue weighted by Crippen LogP contribution is -2.43. The summed E-state index contributed by atoms with van der Waals surface area (Å²) in [7, 11) is 0. The summed E-state index contributed by atoms with van der Waals surface area (Å²) in [6.45, 7) is 3.29. The molecule has 1 N–H and O–H groups in total. The van der Waals surface area contributed by atoms with Crippen molar-refractivity contribution < 1.29 is 22.8 Å². The average molecular weight is 492 g/mol. The third kappa shape index (κ3) is 4.10. The standard InChI is InChI=1S/C20H18Cl2F3N3O2S/c1-2-3-26-18(29)15-4-11-9-28(10-16(11)31-15)17-8-19(30-27-17,20(23,24)25)12-5-13(21)7-14(22)6-12/h4-7H,2-3,8-10H2,1H3,(H,26,29). The molecule has 11 heteroatoms. The van der Waals surface area contributed by atoms with E-state index in [-0.39, 0.29) is 27.4 Å². The number of thiophene rings is 1. The number of amidine groups is 1. The van der Waals surface area contributed by atoms with Gasteiger partial charge in [0.15, 0.2) is 0 Å². The first kappa shape index (κ1) is 22.2. The lowest BCUT2D eigenvalue weighted by Gasteiger charge is -2.30. The monoisotopic (exact) mass is 491 g/mol. The highest BCUT2D eigenvalue weighted by Gasteiger charge is 2.63. The molecule has 0 saturated heterocycles. The summed E-state index contributed by atoms with van der Waals surface area (Å²) >= 11 is 13.2. The van der Waals surface area contributed by atoms with E-state index in [1.54, 1.807) is 11.0 Å². The predicted octanol–water partition coefficient (Wildman–Crippen LogP) is 5.70. The van der Waals surface area contributed by atoms with E-state index >= 15 is 0 Å². The number of carbonyl (C=O) groups is 1. The zero-order valence-corrected chi connectivity index (χ0v) is 18.7. The smallest absolute Gasteiger partial charge is 0.372 e. The van der Waals surface area contributed by atoms with Crippen LogP contribution in [0.4, 0.5) is 13.2 Å². The number of halogens is 5. The molecule has 3 heterocycles. The molecular weight excluding hydrogens is 474 g/mol. The van der Waals surface area contributed by atoms with Crippen LogP contribution in [-0.2, 0) is 23.5 Å². The highest BCUT2D eigenvalue weighted by Crippen LogP contribution is 2.50. The van der Waals surface area contributed by atoms with Crippen molar-refractivity contribution in [3.8, 4) is 0 Å². The summed E-state index contributed by atoms with van der Waals surface area (Å²) in [5, 5.41) is 6.79. The van der Waals surface area contributed by atoms with Crippen molar-refractivity contribution in [1.82, 2.24) is 10.2 Å². The second-order valence-electron chi connectivity index (χ2n) is 7.43. The Kier molecular flexibility index (Phi) is 5.87. The SMILES string of the molecule is CCCNC(=O)c1cc2c(s1)CN(C1=NOC(c3cc(Cl)cc(Cl)c3)(C(F)(F)F)C1)C2. The van der Waals surface area contributed by atoms with Gasteiger partial charge in [-0.2, -0.15) is 13.2 Å². The molecular formula is C20H18Cl2F3N3O2S. The van der Waals surface area contributed by atoms with Crippen LogP contribution in [0.15, 0.2) is 29.4 Å². The number of hydrogen-bond acceptors (Lipinski definition) is 5. The fraction of sp³-hybridized carbons (Fsp3) is 0.400. The molecule has 1 aromatic carbocycles. The van der Waals surface area contributed by atoms with Gasteiger partial charge in [-0.1, -0.05) is 35.3 Å². The zero-order valence-electron chi connectivity index (χ0n) is 16.4. The minimum atomic E-state index is -4.73. The van der Waals surface area contributed by atoms with E-state index in [4.69, 9.17) is 28.0 Å². The lowest BCUT2D eigenvalue weighted by atomic mass is 9.89. The number of nitrogens with one attached hydrogen (secondary N) is 1. The highest BCUT2D eigenvalue weighted by molar-refractivity contribution is 7.14. The number of alkyl halides is 3. The minimum Gasteiger partial charge on any atom is -0.372 e. The van der Waals surface area contributed by atoms with Gasteiger partial charge in [0.05, 0.1) is 17.8 Å². The highest BCUT2D eigenvalue weighted by atomic mass is 35.5. The maximum absolute atomic E-state index is 14.1. The molecule has 0 fully saturated rings. The average Bonchev–Trinajstić information content (AvgIpc) is 3.37. The molecule has 4 rings (SSSR count). The van der Waals surface area contributed by atoms with E-state index in [0.717, 1.165) is 16.9 Å². The van der Waals surface area contributed by atoms with E-state index in [1.807, 2.05) is 6.92 Å². The van der Waals surface area contributed by atoms with E-state index in [9.17, 15) is 18.0 Å². The fourth-order valence-electron chi connectivity index (χ4n) is 3.63. The molecule has 1 atom stereocenters. The van der Waals surface area contributed by atoms with Crippen LogP contribution in [0.5, 0.6) is 0 Å². The Morgan fingerprint density at radius 2 is 1.97 bits per heavy atom. The van der Waals surface area contributed by atoms with Crippen LogP contribution in [0, 0.1) is 0 Å². The summed E-state index contributed by atoms with van der Waals surface area (Å²) in [5.74, 6) is 0.0528. The summed E-state index contributed by atoms with van der Waals surface area (Å²) in [5.41, 5.74) is -1.94. The van der Waals surface area contributed by atoms with Crippen molar-refractivity contribution in [2.45, 2.75) is 44.6 Å². The zero-order chi connectivity index (χ0) is 22.4. The number of nitrogens with zero attached hydrogens (tertiary/aromatic N) is 2. The molecule has 166 valence electrons. The summed E-state index contributed by atoms with van der Waals surface area (Å²) in [6, 6.07) is 5.54. The molecule has 0 saturated carbocycles. The number of carbonyl (C=O) groups excluding carboxylic acids is 1. The topological polar surface area (TPSA) is 53.9 Å². The summed E-state index contributed by atoms with van der Waals surface area (Å²) in [6.07, 6.45) is -4.39. The van der Waals surface area contributed by atoms with Gasteiger partial charge in [0.2, 0.25) is 0 Å². The molecule has 0 radical (unpaired) electrons. The quantitative estimate of drug-likeness (QED) is 0.596. The first-order valence-electron chi connectivity index (χ1n) is 9.56. The molecule has 2 aromatic rings. The fourth-order valence-corrected chi connectivity index (χ4v) is 5.27. The van der Waals surface area contributed by atoms with Gasteiger partial charge < -0.3 is 15.1 Å². The number of rotatable bonds is 4. The van der Waals surface area contributed by atoms with Crippen LogP contribution in [0.2, 0.25) is 10.0 Å². The molecule has 5 nitrogen and oxygen atoms in total. The molecule has 1 aromatic heterocycles. The normalized spacial score (nSPS) is 20.5. The molecule has 0 spiro atoms. The van der Waals surface area contributed by atoms with Crippen LogP contribution in [0.1, 0.15) is 45.4 Å². The number of oxime groups is 1. The Balaban J connectivity index is 1.53. The molecule has 31 heavy (non-hydrogen) atoms. The molecule has 0 aliphatic carbocycles. The van der Waals surface area contributed by atoms with Crippen LogP contribution in [-0.4, -0.2) is 29.4 Å². The van der Waals surface area contributed by atoms with Gasteiger partial charge in [0.1, 0.15) is 5.84 Å². The maximum Gasteiger partial charge on any atom is 0.435 e. The summed E-state index contributed by atoms with van der Waals surface area (Å²) < 4.78 is 42.4. The van der Waals surface area contributed by atoms with Crippen molar-refractivity contribution in [3.63, 3.8) is 0 Å². The number of benzene rings is 1. The van der Waals surface area contributed by atoms with Crippen molar-refractivity contribution in [2.24, 2.45) is 5.16 Å². The van der Waals surface area contributed by atoms with Crippen LogP contribution < -0.4 is 5.32 Å². The molecule has 2 aliphatic heterocycles. The van der Waals surface area contributed by atoms with Gasteiger partial charge in [0, 0.05) is 33.6 Å². The second-order valence-corrected chi connectivity index (χ2v) is 9.44. The minimum absolute atomic E-state index is 0.0837. The molecule has 1 unspecified atom stereocenters. The van der Waals surface area contributed by atoms with Crippen molar-refractivity contribution in [2.75, 3.05) is 6.54 Å². The molecule has 2 aliphatic rings. The summed E-state index contributed by atoms with van der Waals surface area (Å²) in [4.78, 5) is 20.5. The van der Waals surface area contributed by atoms with Crippen molar-refractivity contribution >= 4 is 46.3 Å². The van der Waals surface area contributed by atoms with Gasteiger partial charge in [-0.05, 0) is 36.2 Å². The third-order valence-electron chi connectivity index (χ3n) is 5.22. The Labute approximate surface area is 190 Å². The van der Waals surface area contributed by atoms with Crippen molar-refractivity contribution in [3.05, 3.63) is 55.2 Å². The van der Waals surface area contributed by atoms with Gasteiger partial charge in [-0.3, -0.25) is 4.79 Å². The van der Waals surface area contributed by atoms with E-state index in [2.05, 4.69) is 10.5 Å². The number of fused-ring (bicyclic) bond motifs is 1. The Morgan fingerprint density at radius 1 is 1.26 bits per heavy atom. The van der Waals surface area contributed by atoms with Gasteiger partial charge in [0.25, 0.3) is 11.5 Å². The van der Waals surface area contributed by atoms with E-state index in [0.29, 0.717) is 24.5 Å². The van der Waals surface area contributed by atoms with E-state index < -0.39 is 18.2 Å². The van der Waals surface area contributed by atoms with Crippen LogP contribution in [0.25, 0.3) is 0 Å². The van der Waals surface area contributed by atoms with E-state index in [1.165, 1.54) is 29.5 Å². The van der Waals surface area contributed by atoms with Crippen LogP contribution in [0.3, 0.4) is 0 Å². The first-order chi connectivity index (χ1) is 14.6. The second kappa shape index (κ2) is 8.18. The van der Waals surface area contributed by atoms with Crippen LogP contribution >= 0.6 is 34.5 Å². The Morgan fingerprint density at radius 3 is 2.58 bits per heavy atom. The van der Waals surface area contributed by atoms with Gasteiger partial charge >= 0.3 is 6.18 Å². The number of amides is 1. The Hall–Kier alpha value is -1.97. The van der Waals surface area contributed by atoms with Gasteiger partial charge in [-0.25, -0.2) is 0 Å². The predicted molar refractivity (Wildman–Crippen MR) is 114 cm³/mol. The maximum atomic E-state index is 14.1. The largest absolute Gasteiger partial charge is 0.435 e. The first-order valence-corrected chi connectivity index (χ1v) is 11.1. The Bertz CT molecular complexity index is 1010.